The number of hydrogen-bond acceptors (Lipinski definition) is 5. The van der Waals surface area contributed by atoms with Gasteiger partial charge >= 0.3 is 5.97 Å². The normalized spacial score (nSPS) is 12.7. The molecule has 3 N–H and O–H groups in total. The molecule has 460 valence electrons. The number of unbranched alkanes of at least 4 members (excludes halogenated alkanes) is 49. The Balaban J connectivity index is 3.42. The van der Waals surface area contributed by atoms with Crippen molar-refractivity contribution in [2.45, 2.75) is 398 Å². The van der Waals surface area contributed by atoms with Gasteiger partial charge < -0.3 is 20.3 Å². The van der Waals surface area contributed by atoms with Crippen molar-refractivity contribution in [1.82, 2.24) is 5.32 Å². The van der Waals surface area contributed by atoms with Gasteiger partial charge in [0.1, 0.15) is 0 Å². The lowest BCUT2D eigenvalue weighted by Gasteiger charge is -2.22. The predicted octanol–water partition coefficient (Wildman–Crippen LogP) is 22.7. The lowest BCUT2D eigenvalue weighted by atomic mass is 10.0. The first-order valence-corrected chi connectivity index (χ1v) is 35.2. The van der Waals surface area contributed by atoms with Gasteiger partial charge in [-0.15, -0.1) is 0 Å². The zero-order valence-electron chi connectivity index (χ0n) is 52.7. The minimum Gasteiger partial charge on any atom is -0.466 e. The van der Waals surface area contributed by atoms with E-state index in [2.05, 4.69) is 55.6 Å². The molecule has 0 rings (SSSR count). The maximum absolute atomic E-state index is 12.5. The number of rotatable bonds is 66. The molecule has 0 aliphatic rings. The van der Waals surface area contributed by atoms with Gasteiger partial charge in [0, 0.05) is 12.8 Å². The van der Waals surface area contributed by atoms with Crippen LogP contribution in [0.5, 0.6) is 0 Å². The second kappa shape index (κ2) is 67.6. The molecule has 2 atom stereocenters. The number of allylic oxidation sites excluding steroid dienone is 6. The fraction of sp³-hybridized carbons (Fsp3) is 0.889. The molecule has 0 saturated heterocycles. The van der Waals surface area contributed by atoms with Gasteiger partial charge in [0.2, 0.25) is 5.91 Å². The summed E-state index contributed by atoms with van der Waals surface area (Å²) < 4.78 is 5.49. The van der Waals surface area contributed by atoms with Crippen LogP contribution in [0.15, 0.2) is 36.5 Å². The zero-order chi connectivity index (χ0) is 56.4. The van der Waals surface area contributed by atoms with Crippen LogP contribution in [-0.4, -0.2) is 47.4 Å². The van der Waals surface area contributed by atoms with Crippen molar-refractivity contribution in [3.63, 3.8) is 0 Å². The van der Waals surface area contributed by atoms with Crippen LogP contribution >= 0.6 is 0 Å². The summed E-state index contributed by atoms with van der Waals surface area (Å²) in [5, 5.41) is 23.4. The van der Waals surface area contributed by atoms with E-state index in [0.29, 0.717) is 25.9 Å². The largest absolute Gasteiger partial charge is 0.466 e. The lowest BCUT2D eigenvalue weighted by Crippen LogP contribution is -2.45. The Kier molecular flexibility index (Phi) is 65.9. The highest BCUT2D eigenvalue weighted by molar-refractivity contribution is 5.76. The van der Waals surface area contributed by atoms with Gasteiger partial charge in [-0.3, -0.25) is 9.59 Å². The van der Waals surface area contributed by atoms with E-state index in [-0.39, 0.29) is 18.5 Å². The fourth-order valence-electron chi connectivity index (χ4n) is 11.0. The standard InChI is InChI=1S/C72H137NO5/c1-3-5-7-9-11-13-15-17-19-21-22-23-27-30-33-36-40-44-48-52-56-60-64-70(75)69(68-74)73-71(76)65-61-57-53-49-45-41-37-34-31-28-25-24-26-29-32-35-39-43-47-51-55-59-63-67-78-72(77)66-62-58-54-50-46-42-38-20-18-16-14-12-10-8-6-4-2/h14,16,20,28,31,38,69-70,74-75H,3-13,15,17-19,21-27,29-30,32-37,39-68H2,1-2H3,(H,73,76)/b16-14-,31-28-,38-20-. The molecule has 0 bridgehead atoms. The molecular formula is C72H137NO5. The van der Waals surface area contributed by atoms with Crippen LogP contribution in [0, 0.1) is 0 Å². The van der Waals surface area contributed by atoms with E-state index in [1.807, 2.05) is 0 Å². The summed E-state index contributed by atoms with van der Waals surface area (Å²) in [5.41, 5.74) is 0. The quantitative estimate of drug-likeness (QED) is 0.0320. The lowest BCUT2D eigenvalue weighted by molar-refractivity contribution is -0.143. The van der Waals surface area contributed by atoms with Gasteiger partial charge in [-0.25, -0.2) is 0 Å². The summed E-state index contributed by atoms with van der Waals surface area (Å²) in [5.74, 6) is -0.0389. The summed E-state index contributed by atoms with van der Waals surface area (Å²) in [6.07, 6.45) is 86.1. The topological polar surface area (TPSA) is 95.9 Å². The molecular weight excluding hydrogens is 959 g/mol. The van der Waals surface area contributed by atoms with E-state index in [0.717, 1.165) is 51.4 Å². The highest BCUT2D eigenvalue weighted by Gasteiger charge is 2.20. The first kappa shape index (κ1) is 76.1. The molecule has 0 heterocycles. The molecule has 0 aromatic rings. The Bertz CT molecular complexity index is 1260. The monoisotopic (exact) mass is 1100 g/mol. The first-order valence-electron chi connectivity index (χ1n) is 35.2. The van der Waals surface area contributed by atoms with E-state index in [4.69, 9.17) is 4.74 Å². The summed E-state index contributed by atoms with van der Waals surface area (Å²) in [6, 6.07) is -0.548. The van der Waals surface area contributed by atoms with E-state index >= 15 is 0 Å². The molecule has 0 fully saturated rings. The first-order chi connectivity index (χ1) is 38.5. The fourth-order valence-corrected chi connectivity index (χ4v) is 11.0. The number of ether oxygens (including phenoxy) is 1. The molecule has 0 aromatic carbocycles. The summed E-state index contributed by atoms with van der Waals surface area (Å²) in [4.78, 5) is 24.6. The van der Waals surface area contributed by atoms with Gasteiger partial charge in [-0.1, -0.05) is 326 Å². The van der Waals surface area contributed by atoms with Gasteiger partial charge in [0.15, 0.2) is 0 Å². The number of hydrogen-bond donors (Lipinski definition) is 3. The maximum Gasteiger partial charge on any atom is 0.305 e. The molecule has 2 unspecified atom stereocenters. The van der Waals surface area contributed by atoms with Crippen LogP contribution in [-0.2, 0) is 14.3 Å². The van der Waals surface area contributed by atoms with Crippen molar-refractivity contribution in [1.29, 1.82) is 0 Å². The Morgan fingerprint density at radius 1 is 0.359 bits per heavy atom. The molecule has 0 aromatic heterocycles. The maximum atomic E-state index is 12.5. The van der Waals surface area contributed by atoms with Crippen LogP contribution in [0.1, 0.15) is 386 Å². The Hall–Kier alpha value is -1.92. The van der Waals surface area contributed by atoms with E-state index < -0.39 is 12.1 Å². The summed E-state index contributed by atoms with van der Waals surface area (Å²) >= 11 is 0. The highest BCUT2D eigenvalue weighted by Crippen LogP contribution is 2.18. The number of carbonyl (C=O) groups is 2. The third-order valence-corrected chi connectivity index (χ3v) is 16.4. The molecule has 6 nitrogen and oxygen atoms in total. The van der Waals surface area contributed by atoms with Crippen LogP contribution in [0.3, 0.4) is 0 Å². The van der Waals surface area contributed by atoms with Crippen molar-refractivity contribution in [2.24, 2.45) is 0 Å². The second-order valence-corrected chi connectivity index (χ2v) is 24.2. The average molecular weight is 1100 g/mol. The molecule has 0 aliphatic heterocycles. The van der Waals surface area contributed by atoms with Crippen molar-refractivity contribution < 1.29 is 24.5 Å². The van der Waals surface area contributed by atoms with Gasteiger partial charge in [0.05, 0.1) is 25.4 Å². The summed E-state index contributed by atoms with van der Waals surface area (Å²) in [7, 11) is 0. The predicted molar refractivity (Wildman–Crippen MR) is 343 cm³/mol. The van der Waals surface area contributed by atoms with Crippen molar-refractivity contribution in [3.8, 4) is 0 Å². The number of aliphatic hydroxyl groups is 2. The van der Waals surface area contributed by atoms with Crippen LogP contribution < -0.4 is 5.32 Å². The Morgan fingerprint density at radius 3 is 1.00 bits per heavy atom. The minimum absolute atomic E-state index is 0.00134. The third kappa shape index (κ3) is 63.3. The minimum atomic E-state index is -0.670. The molecule has 0 saturated carbocycles. The molecule has 0 radical (unpaired) electrons. The highest BCUT2D eigenvalue weighted by atomic mass is 16.5. The van der Waals surface area contributed by atoms with Gasteiger partial charge in [-0.2, -0.15) is 0 Å². The Labute approximate surface area is 487 Å². The average Bonchev–Trinajstić information content (AvgIpc) is 3.44. The van der Waals surface area contributed by atoms with Crippen molar-refractivity contribution >= 4 is 11.9 Å². The van der Waals surface area contributed by atoms with E-state index in [1.165, 1.54) is 302 Å². The second-order valence-electron chi connectivity index (χ2n) is 24.2. The van der Waals surface area contributed by atoms with Gasteiger partial charge in [0.25, 0.3) is 0 Å². The number of carbonyl (C=O) groups excluding carboxylic acids is 2. The Morgan fingerprint density at radius 2 is 0.641 bits per heavy atom. The number of nitrogens with one attached hydrogen (secondary N) is 1. The number of esters is 1. The van der Waals surface area contributed by atoms with Crippen LogP contribution in [0.2, 0.25) is 0 Å². The number of aliphatic hydroxyl groups excluding tert-OH is 2. The molecule has 1 amide bonds. The molecule has 0 aliphatic carbocycles. The van der Waals surface area contributed by atoms with Crippen molar-refractivity contribution in [2.75, 3.05) is 13.2 Å². The van der Waals surface area contributed by atoms with Crippen LogP contribution in [0.4, 0.5) is 0 Å². The van der Waals surface area contributed by atoms with E-state index in [9.17, 15) is 19.8 Å². The molecule has 6 heteroatoms. The van der Waals surface area contributed by atoms with Gasteiger partial charge in [-0.05, 0) is 83.5 Å². The van der Waals surface area contributed by atoms with E-state index in [1.54, 1.807) is 0 Å². The SMILES string of the molecule is CCCCCC/C=C\C/C=C\CCCCCCCC(=O)OCCCCCCCCCCCCCC/C=C\CCCCCCCCCC(=O)NC(CO)C(O)CCCCCCCCCCCCCCCCCCCCCCCC. The smallest absolute Gasteiger partial charge is 0.305 e. The number of amides is 1. The molecule has 0 spiro atoms. The third-order valence-electron chi connectivity index (χ3n) is 16.4. The molecule has 78 heavy (non-hydrogen) atoms. The zero-order valence-corrected chi connectivity index (χ0v) is 52.7. The van der Waals surface area contributed by atoms with Crippen LogP contribution in [0.25, 0.3) is 0 Å². The summed E-state index contributed by atoms with van der Waals surface area (Å²) in [6.45, 7) is 4.96. The van der Waals surface area contributed by atoms with Crippen molar-refractivity contribution in [3.05, 3.63) is 36.5 Å².